The number of rotatable bonds is 14. The summed E-state index contributed by atoms with van der Waals surface area (Å²) in [5.74, 6) is 0.879. The number of carbonyl (C=O) groups excluding carboxylic acids is 3. The summed E-state index contributed by atoms with van der Waals surface area (Å²) in [5.41, 5.74) is 5.04. The molecule has 0 spiro atoms. The Morgan fingerprint density at radius 3 is 1.25 bits per heavy atom. The smallest absolute Gasteiger partial charge is 0.242 e. The Balaban J connectivity index is 0.000000221. The summed E-state index contributed by atoms with van der Waals surface area (Å²) in [4.78, 5) is 34.3. The maximum atomic E-state index is 12.4. The van der Waals surface area contributed by atoms with Gasteiger partial charge in [0, 0.05) is 35.1 Å². The van der Waals surface area contributed by atoms with Crippen LogP contribution in [0, 0.1) is 0 Å². The average Bonchev–Trinajstić information content (AvgIpc) is 3.25. The van der Waals surface area contributed by atoms with Gasteiger partial charge in [-0.1, -0.05) is 189 Å². The highest BCUT2D eigenvalue weighted by atomic mass is 28.4. The van der Waals surface area contributed by atoms with Gasteiger partial charge < -0.3 is 14.0 Å². The number of carbonyl (C=O) groups is 3. The van der Waals surface area contributed by atoms with E-state index >= 15 is 0 Å². The van der Waals surface area contributed by atoms with Gasteiger partial charge in [0.25, 0.3) is 0 Å². The number of hydrogen-bond acceptors (Lipinski definition) is 6. The van der Waals surface area contributed by atoms with Crippen LogP contribution in [0.5, 0.6) is 0 Å². The number of Topliss-reactive ketones (excluding diaryl/α,β-unsaturated/α-hetero) is 2. The van der Waals surface area contributed by atoms with E-state index in [9.17, 15) is 19.5 Å². The number of hydrogen-bond donors (Lipinski definition) is 1. The van der Waals surface area contributed by atoms with Crippen LogP contribution in [0.15, 0.2) is 189 Å². The Labute approximate surface area is 353 Å². The molecule has 2 atom stereocenters. The second kappa shape index (κ2) is 24.9. The summed E-state index contributed by atoms with van der Waals surface area (Å²) in [6.07, 6.45) is 0.446. The molecule has 0 aliphatic rings. The molecule has 2 unspecified atom stereocenters. The van der Waals surface area contributed by atoms with Crippen LogP contribution in [0.1, 0.15) is 72.8 Å². The molecule has 0 amide bonds. The summed E-state index contributed by atoms with van der Waals surface area (Å²) >= 11 is 0. The minimum atomic E-state index is -1.72. The minimum absolute atomic E-state index is 0.0399. The average molecular weight is 823 g/mol. The summed E-state index contributed by atoms with van der Waals surface area (Å²) in [5, 5.41) is 9.93. The maximum Gasteiger partial charge on any atom is 0.242 e. The predicted octanol–water partition coefficient (Wildman–Crippen LogP) is 12.9. The summed E-state index contributed by atoms with van der Waals surface area (Å²) in [6.45, 7) is 16.8. The summed E-state index contributed by atoms with van der Waals surface area (Å²) in [6, 6.07) is 56.8. The Hall–Kier alpha value is -5.78. The highest BCUT2D eigenvalue weighted by Gasteiger charge is 2.25. The molecule has 306 valence electrons. The van der Waals surface area contributed by atoms with E-state index in [1.165, 1.54) is 0 Å². The molecule has 0 aliphatic carbocycles. The molecular weight excluding hydrogens is 765 g/mol. The second-order valence-corrected chi connectivity index (χ2v) is 24.5. The molecule has 8 heteroatoms. The molecule has 59 heavy (non-hydrogen) atoms. The Morgan fingerprint density at radius 2 is 0.881 bits per heavy atom. The van der Waals surface area contributed by atoms with Crippen molar-refractivity contribution in [3.05, 3.63) is 222 Å². The monoisotopic (exact) mass is 822 g/mol. The van der Waals surface area contributed by atoms with Crippen LogP contribution in [-0.2, 0) is 8.85 Å². The lowest BCUT2D eigenvalue weighted by Crippen LogP contribution is -2.29. The molecule has 1 N–H and O–H groups in total. The van der Waals surface area contributed by atoms with Gasteiger partial charge in [0.05, 0.1) is 12.2 Å². The van der Waals surface area contributed by atoms with Crippen molar-refractivity contribution in [2.24, 2.45) is 0 Å². The first-order chi connectivity index (χ1) is 28.1. The molecule has 6 aromatic carbocycles. The molecule has 0 aromatic heterocycles. The molecule has 0 aliphatic heterocycles. The normalized spacial score (nSPS) is 11.6. The fraction of sp³-hybridized carbons (Fsp3) is 0.196. The molecule has 6 nitrogen and oxygen atoms in total. The molecule has 0 heterocycles. The van der Waals surface area contributed by atoms with Crippen LogP contribution in [-0.4, -0.2) is 39.6 Å². The maximum absolute atomic E-state index is 12.4. The molecular formula is C51H58O6Si2. The Morgan fingerprint density at radius 1 is 0.525 bits per heavy atom. The largest absolute Gasteiger partial charge is 0.544 e. The first kappa shape index (κ1) is 47.6. The number of aldehydes is 1. The van der Waals surface area contributed by atoms with Crippen molar-refractivity contribution < 1.29 is 28.3 Å². The van der Waals surface area contributed by atoms with Crippen molar-refractivity contribution >= 4 is 40.2 Å². The molecule has 0 saturated carbocycles. The van der Waals surface area contributed by atoms with Crippen LogP contribution in [0.4, 0.5) is 0 Å². The number of ketones is 2. The van der Waals surface area contributed by atoms with Crippen molar-refractivity contribution in [1.29, 1.82) is 0 Å². The molecule has 0 fully saturated rings. The SMILES string of the molecule is C=C(O[Si](C)(C)C)c1ccccc1.C[Si](C)(C)OC(CC(=O)c1ccccc1)c1ccccc1.O=C(CC(O)c1ccccc1)c1ccccc1.O=Cc1ccccc1. The number of aliphatic hydroxyl groups is 1. The fourth-order valence-corrected chi connectivity index (χ4v) is 7.46. The van der Waals surface area contributed by atoms with Crippen LogP contribution in [0.2, 0.25) is 39.3 Å². The van der Waals surface area contributed by atoms with E-state index in [1.54, 1.807) is 24.3 Å². The lowest BCUT2D eigenvalue weighted by Gasteiger charge is -2.26. The third kappa shape index (κ3) is 19.5. The van der Waals surface area contributed by atoms with E-state index in [-0.39, 0.29) is 24.1 Å². The standard InChI is InChI=1S/C18H22O2Si.C15H14O2.C11H16OSi.C7H6O/c1-21(2,3)20-18(16-12-8-5-9-13-16)14-17(19)15-10-6-4-7-11-15;16-14(12-7-3-1-4-8-12)11-15(17)13-9-5-2-6-10-13;1-10(12-13(2,3)4)11-8-6-5-7-9-11;8-6-7-4-2-1-3-5-7/h4-13,18H,14H2,1-3H3;1-10,14,16H,11H2;5-9H,1H2,2-4H3;1-6H. The molecule has 0 radical (unpaired) electrons. The summed E-state index contributed by atoms with van der Waals surface area (Å²) < 4.78 is 12.0. The number of aliphatic hydroxyl groups excluding tert-OH is 1. The van der Waals surface area contributed by atoms with E-state index in [0.29, 0.717) is 12.0 Å². The first-order valence-corrected chi connectivity index (χ1v) is 26.5. The lowest BCUT2D eigenvalue weighted by atomic mass is 10.0. The van der Waals surface area contributed by atoms with E-state index in [1.807, 2.05) is 158 Å². The van der Waals surface area contributed by atoms with Gasteiger partial charge in [-0.2, -0.15) is 0 Å². The minimum Gasteiger partial charge on any atom is -0.544 e. The quantitative estimate of drug-likeness (QED) is 0.0509. The van der Waals surface area contributed by atoms with Gasteiger partial charge in [-0.3, -0.25) is 14.4 Å². The zero-order valence-electron chi connectivity index (χ0n) is 35.2. The fourth-order valence-electron chi connectivity index (χ4n) is 5.53. The van der Waals surface area contributed by atoms with Crippen LogP contribution in [0.3, 0.4) is 0 Å². The zero-order valence-corrected chi connectivity index (χ0v) is 37.2. The van der Waals surface area contributed by atoms with Gasteiger partial charge in [-0.15, -0.1) is 0 Å². The van der Waals surface area contributed by atoms with E-state index < -0.39 is 22.7 Å². The molecule has 6 rings (SSSR count). The van der Waals surface area contributed by atoms with Crippen molar-refractivity contribution in [2.75, 3.05) is 0 Å². The van der Waals surface area contributed by atoms with Crippen molar-refractivity contribution in [2.45, 2.75) is 64.3 Å². The van der Waals surface area contributed by atoms with Gasteiger partial charge >= 0.3 is 0 Å². The van der Waals surface area contributed by atoms with Crippen molar-refractivity contribution in [1.82, 2.24) is 0 Å². The first-order valence-electron chi connectivity index (χ1n) is 19.7. The molecule has 0 bridgehead atoms. The topological polar surface area (TPSA) is 89.9 Å². The Kier molecular flexibility index (Phi) is 20.1. The van der Waals surface area contributed by atoms with E-state index in [4.69, 9.17) is 8.85 Å². The van der Waals surface area contributed by atoms with Crippen molar-refractivity contribution in [3.8, 4) is 0 Å². The highest BCUT2D eigenvalue weighted by Crippen LogP contribution is 2.27. The van der Waals surface area contributed by atoms with E-state index in [0.717, 1.165) is 39.9 Å². The summed E-state index contributed by atoms with van der Waals surface area (Å²) in [7, 11) is -3.23. The van der Waals surface area contributed by atoms with Gasteiger partial charge in [-0.25, -0.2) is 0 Å². The van der Waals surface area contributed by atoms with Gasteiger partial charge in [-0.05, 0) is 50.4 Å². The molecule has 0 saturated heterocycles. The van der Waals surface area contributed by atoms with E-state index in [2.05, 4.69) is 45.9 Å². The third-order valence-electron chi connectivity index (χ3n) is 8.25. The van der Waals surface area contributed by atoms with Gasteiger partial charge in [0.2, 0.25) is 8.32 Å². The van der Waals surface area contributed by atoms with Crippen LogP contribution >= 0.6 is 0 Å². The lowest BCUT2D eigenvalue weighted by molar-refractivity contribution is 0.0875. The predicted molar refractivity (Wildman–Crippen MR) is 248 cm³/mol. The number of benzene rings is 6. The van der Waals surface area contributed by atoms with Gasteiger partial charge in [0.15, 0.2) is 19.9 Å². The van der Waals surface area contributed by atoms with Crippen LogP contribution < -0.4 is 0 Å². The Bertz CT molecular complexity index is 2100. The second-order valence-electron chi connectivity index (χ2n) is 15.6. The van der Waals surface area contributed by atoms with Gasteiger partial charge in [0.1, 0.15) is 12.0 Å². The zero-order chi connectivity index (χ0) is 43.1. The molecule has 6 aromatic rings. The highest BCUT2D eigenvalue weighted by molar-refractivity contribution is 6.70. The third-order valence-corrected chi connectivity index (χ3v) is 10.1. The van der Waals surface area contributed by atoms with Crippen molar-refractivity contribution in [3.63, 3.8) is 0 Å². The van der Waals surface area contributed by atoms with Crippen LogP contribution in [0.25, 0.3) is 5.76 Å².